The summed E-state index contributed by atoms with van der Waals surface area (Å²) in [6.45, 7) is 0. The number of benzene rings is 1. The van der Waals surface area contributed by atoms with Crippen molar-refractivity contribution in [3.8, 4) is 0 Å². The molecule has 0 aliphatic heterocycles. The summed E-state index contributed by atoms with van der Waals surface area (Å²) in [4.78, 5) is 19.8. The smallest absolute Gasteiger partial charge is 0.258 e. The van der Waals surface area contributed by atoms with Gasteiger partial charge in [0.1, 0.15) is 11.6 Å². The summed E-state index contributed by atoms with van der Waals surface area (Å²) < 4.78 is 14.4. The molecule has 0 unspecified atom stereocenters. The minimum Gasteiger partial charge on any atom is -0.380 e. The second-order valence-corrected chi connectivity index (χ2v) is 8.85. The van der Waals surface area contributed by atoms with E-state index < -0.39 is 0 Å². The van der Waals surface area contributed by atoms with Gasteiger partial charge in [-0.25, -0.2) is 9.37 Å². The number of aromatic amines is 1. The molecule has 4 nitrogen and oxygen atoms in total. The number of rotatable bonds is 5. The Bertz CT molecular complexity index is 826. The summed E-state index contributed by atoms with van der Waals surface area (Å²) in [6.07, 6.45) is 11.0. The topological polar surface area (TPSA) is 57.8 Å². The van der Waals surface area contributed by atoms with E-state index in [2.05, 4.69) is 15.3 Å². The highest BCUT2D eigenvalue weighted by atomic mass is 32.2. The first-order valence-corrected chi connectivity index (χ1v) is 10.8. The summed E-state index contributed by atoms with van der Waals surface area (Å²) in [5.74, 6) is 1.02. The molecule has 0 bridgehead atoms. The van der Waals surface area contributed by atoms with Crippen molar-refractivity contribution in [3.63, 3.8) is 0 Å². The van der Waals surface area contributed by atoms with Crippen LogP contribution < -0.4 is 10.9 Å². The number of thioether (sulfide) groups is 1. The van der Waals surface area contributed by atoms with Gasteiger partial charge < -0.3 is 10.3 Å². The van der Waals surface area contributed by atoms with Gasteiger partial charge in [0, 0.05) is 11.3 Å². The fourth-order valence-corrected chi connectivity index (χ4v) is 5.30. The first kappa shape index (κ1) is 17.8. The maximum atomic E-state index is 14.4. The molecule has 1 aromatic carbocycles. The van der Waals surface area contributed by atoms with Crippen molar-refractivity contribution in [3.05, 3.63) is 34.1 Å². The molecule has 0 spiro atoms. The van der Waals surface area contributed by atoms with Crippen molar-refractivity contribution < 1.29 is 4.39 Å². The van der Waals surface area contributed by atoms with Crippen molar-refractivity contribution in [1.29, 1.82) is 0 Å². The molecule has 2 aliphatic carbocycles. The Morgan fingerprint density at radius 3 is 2.62 bits per heavy atom. The summed E-state index contributed by atoms with van der Waals surface area (Å²) in [6, 6.07) is 3.34. The largest absolute Gasteiger partial charge is 0.380 e. The molecule has 2 aromatic rings. The van der Waals surface area contributed by atoms with E-state index in [1.807, 2.05) is 11.8 Å². The fraction of sp³-hybridized carbons (Fsp3) is 0.600. The van der Waals surface area contributed by atoms with E-state index in [4.69, 9.17) is 0 Å². The molecule has 2 saturated carbocycles. The zero-order valence-electron chi connectivity index (χ0n) is 15.0. The Morgan fingerprint density at radius 1 is 1.12 bits per heavy atom. The van der Waals surface area contributed by atoms with Crippen LogP contribution in [0.3, 0.4) is 0 Å². The van der Waals surface area contributed by atoms with Crippen LogP contribution in [0.25, 0.3) is 10.9 Å². The third-order valence-corrected chi connectivity index (χ3v) is 6.95. The standard InChI is InChI=1S/C20H26FN3OS/c21-16-10-15-17(11-18(16)22-13-6-4-5-7-13)23-19(24-20(15)25)12-26-14-8-2-1-3-9-14/h10-11,13-14,22H,1-9,12H2,(H,23,24,25). The average molecular weight is 376 g/mol. The Kier molecular flexibility index (Phi) is 5.48. The van der Waals surface area contributed by atoms with Crippen LogP contribution in [0.2, 0.25) is 0 Å². The highest BCUT2D eigenvalue weighted by Gasteiger charge is 2.18. The summed E-state index contributed by atoms with van der Waals surface area (Å²) >= 11 is 1.88. The predicted octanol–water partition coefficient (Wildman–Crippen LogP) is 4.98. The molecule has 0 saturated heterocycles. The van der Waals surface area contributed by atoms with E-state index in [9.17, 15) is 9.18 Å². The van der Waals surface area contributed by atoms with Crippen LogP contribution in [-0.2, 0) is 5.75 Å². The number of anilines is 1. The number of nitrogens with zero attached hydrogens (tertiary/aromatic N) is 1. The van der Waals surface area contributed by atoms with Crippen LogP contribution in [-0.4, -0.2) is 21.3 Å². The molecule has 2 N–H and O–H groups in total. The van der Waals surface area contributed by atoms with Gasteiger partial charge in [-0.3, -0.25) is 4.79 Å². The minimum absolute atomic E-state index is 0.249. The molecule has 1 aromatic heterocycles. The highest BCUT2D eigenvalue weighted by Crippen LogP contribution is 2.30. The maximum Gasteiger partial charge on any atom is 0.258 e. The van der Waals surface area contributed by atoms with Crippen molar-refractivity contribution in [2.24, 2.45) is 0 Å². The molecule has 2 aliphatic rings. The number of hydrogen-bond donors (Lipinski definition) is 2. The summed E-state index contributed by atoms with van der Waals surface area (Å²) in [5.41, 5.74) is 0.795. The van der Waals surface area contributed by atoms with E-state index in [1.165, 1.54) is 51.0 Å². The minimum atomic E-state index is -0.374. The van der Waals surface area contributed by atoms with Crippen molar-refractivity contribution in [2.75, 3.05) is 5.32 Å². The normalized spacial score (nSPS) is 19.3. The average Bonchev–Trinajstić information content (AvgIpc) is 3.15. The lowest BCUT2D eigenvalue weighted by atomic mass is 10.0. The first-order chi connectivity index (χ1) is 12.7. The number of hydrogen-bond acceptors (Lipinski definition) is 4. The number of halogens is 1. The highest BCUT2D eigenvalue weighted by molar-refractivity contribution is 7.99. The van der Waals surface area contributed by atoms with Crippen LogP contribution in [0, 0.1) is 5.82 Å². The van der Waals surface area contributed by atoms with Crippen molar-refractivity contribution in [2.45, 2.75) is 74.8 Å². The van der Waals surface area contributed by atoms with Gasteiger partial charge in [-0.2, -0.15) is 11.8 Å². The quantitative estimate of drug-likeness (QED) is 0.773. The molecule has 2 fully saturated rings. The Balaban J connectivity index is 1.55. The van der Waals surface area contributed by atoms with Gasteiger partial charge in [-0.15, -0.1) is 0 Å². The predicted molar refractivity (Wildman–Crippen MR) is 106 cm³/mol. The summed E-state index contributed by atoms with van der Waals surface area (Å²) in [7, 11) is 0. The van der Waals surface area contributed by atoms with Gasteiger partial charge in [-0.05, 0) is 37.8 Å². The van der Waals surface area contributed by atoms with Crippen LogP contribution in [0.15, 0.2) is 16.9 Å². The van der Waals surface area contributed by atoms with Crippen LogP contribution in [0.5, 0.6) is 0 Å². The van der Waals surface area contributed by atoms with Gasteiger partial charge in [0.25, 0.3) is 5.56 Å². The SMILES string of the molecule is O=c1[nH]c(CSC2CCCCC2)nc2cc(NC3CCCC3)c(F)cc12. The molecular weight excluding hydrogens is 349 g/mol. The molecular formula is C20H26FN3OS. The molecule has 1 heterocycles. The van der Waals surface area contributed by atoms with Gasteiger partial charge in [-0.1, -0.05) is 32.1 Å². The van der Waals surface area contributed by atoms with Gasteiger partial charge >= 0.3 is 0 Å². The zero-order chi connectivity index (χ0) is 17.9. The lowest BCUT2D eigenvalue weighted by molar-refractivity contribution is 0.516. The van der Waals surface area contributed by atoms with E-state index in [-0.39, 0.29) is 11.4 Å². The molecule has 4 rings (SSSR count). The van der Waals surface area contributed by atoms with Crippen molar-refractivity contribution in [1.82, 2.24) is 9.97 Å². The second kappa shape index (κ2) is 7.99. The Hall–Kier alpha value is -1.56. The lowest BCUT2D eigenvalue weighted by Gasteiger charge is -2.20. The van der Waals surface area contributed by atoms with Crippen LogP contribution in [0.1, 0.15) is 63.6 Å². The molecule has 140 valence electrons. The number of H-pyrrole nitrogens is 1. The Morgan fingerprint density at radius 2 is 1.85 bits per heavy atom. The van der Waals surface area contributed by atoms with Gasteiger partial charge in [0.2, 0.25) is 0 Å². The lowest BCUT2D eigenvalue weighted by Crippen LogP contribution is -2.17. The number of aromatic nitrogens is 2. The molecule has 6 heteroatoms. The van der Waals surface area contributed by atoms with E-state index in [0.717, 1.165) is 12.8 Å². The molecule has 0 radical (unpaired) electrons. The third kappa shape index (κ3) is 4.05. The van der Waals surface area contributed by atoms with Gasteiger partial charge in [0.05, 0.1) is 22.3 Å². The molecule has 0 atom stereocenters. The zero-order valence-corrected chi connectivity index (χ0v) is 15.8. The summed E-state index contributed by atoms with van der Waals surface area (Å²) in [5, 5.41) is 4.28. The molecule has 26 heavy (non-hydrogen) atoms. The van der Waals surface area contributed by atoms with Crippen LogP contribution >= 0.6 is 11.8 Å². The first-order valence-electron chi connectivity index (χ1n) is 9.79. The van der Waals surface area contributed by atoms with Gasteiger partial charge in [0.15, 0.2) is 0 Å². The maximum absolute atomic E-state index is 14.4. The third-order valence-electron chi connectivity index (χ3n) is 5.57. The number of fused-ring (bicyclic) bond motifs is 1. The van der Waals surface area contributed by atoms with E-state index in [0.29, 0.717) is 39.5 Å². The van der Waals surface area contributed by atoms with Crippen molar-refractivity contribution >= 4 is 28.4 Å². The van der Waals surface area contributed by atoms with Crippen LogP contribution in [0.4, 0.5) is 10.1 Å². The second-order valence-electron chi connectivity index (χ2n) is 7.56. The van der Waals surface area contributed by atoms with E-state index >= 15 is 0 Å². The van der Waals surface area contributed by atoms with E-state index in [1.54, 1.807) is 6.07 Å². The fourth-order valence-electron chi connectivity index (χ4n) is 4.11. The Labute approximate surface area is 157 Å². The number of nitrogens with one attached hydrogen (secondary N) is 2. The monoisotopic (exact) mass is 375 g/mol. The molecule has 0 amide bonds.